The van der Waals surface area contributed by atoms with Gasteiger partial charge in [-0.05, 0) is 83.2 Å². The number of morpholine rings is 1. The topological polar surface area (TPSA) is 130 Å². The summed E-state index contributed by atoms with van der Waals surface area (Å²) in [5.74, 6) is -0.283. The predicted molar refractivity (Wildman–Crippen MR) is 210 cm³/mol. The predicted octanol–water partition coefficient (Wildman–Crippen LogP) is 8.21. The minimum Gasteiger partial charge on any atom is -0.480 e. The second-order valence-corrected chi connectivity index (χ2v) is 17.2. The second-order valence-electron chi connectivity index (χ2n) is 14.3. The Morgan fingerprint density at radius 3 is 2.62 bits per heavy atom. The first-order valence-corrected chi connectivity index (χ1v) is 20.3. The Hall–Kier alpha value is -3.11. The standard InChI is InChI=1S/C38H49N3O8S3/c1-37(2,3)47-36(44)39-30(35(42)43)25-50-34-26(12-13-27(34)24-28-15-17-33(52-28)40-19-21-46-22-20-40)14-16-32-38(4,5)29-10-6-7-11-31(29)41(32)18-8-9-23-51-49-48-45/h6-7,10-11,14-17,24,30H,8-9,12-13,18-23,25H2,1-5H3,(H2-,39,42,43,44,45)/p+1. The number of amides is 1. The minimum absolute atomic E-state index is 0.144. The van der Waals surface area contributed by atoms with Crippen LogP contribution in [0.3, 0.4) is 0 Å². The summed E-state index contributed by atoms with van der Waals surface area (Å²) in [4.78, 5) is 29.4. The lowest BCUT2D eigenvalue weighted by molar-refractivity contribution is -0.438. The SMILES string of the molecule is CC(C)(C)OC(=O)NC(CSC1=C(/C=C/C2=[N+](CCCCSOOO)c3ccccc3C2(C)C)CC/C1=C\c1ccc(N2CCOCC2)s1)C(=O)O. The van der Waals surface area contributed by atoms with Crippen LogP contribution in [0.1, 0.15) is 70.7 Å². The Kier molecular flexibility index (Phi) is 14.1. The molecule has 2 aliphatic heterocycles. The van der Waals surface area contributed by atoms with Gasteiger partial charge in [0.05, 0.1) is 23.6 Å². The van der Waals surface area contributed by atoms with E-state index < -0.39 is 23.7 Å². The Labute approximate surface area is 318 Å². The van der Waals surface area contributed by atoms with Crippen molar-refractivity contribution in [2.24, 2.45) is 0 Å². The number of carboxylic acid groups (broad SMARTS) is 1. The number of unbranched alkanes of at least 4 members (excludes halogenated alkanes) is 1. The van der Waals surface area contributed by atoms with E-state index >= 15 is 0 Å². The summed E-state index contributed by atoms with van der Waals surface area (Å²) in [5, 5.41) is 26.0. The van der Waals surface area contributed by atoms with Gasteiger partial charge in [-0.2, -0.15) is 4.58 Å². The van der Waals surface area contributed by atoms with Crippen molar-refractivity contribution in [3.05, 3.63) is 75.0 Å². The maximum atomic E-state index is 12.6. The van der Waals surface area contributed by atoms with Gasteiger partial charge in [0.1, 0.15) is 18.2 Å². The van der Waals surface area contributed by atoms with Gasteiger partial charge in [0, 0.05) is 70.5 Å². The highest BCUT2D eigenvalue weighted by atomic mass is 32.2. The van der Waals surface area contributed by atoms with Crippen LogP contribution in [0, 0.1) is 0 Å². The number of hydrogen-bond acceptors (Lipinski definition) is 11. The molecule has 3 N–H and O–H groups in total. The molecular weight excluding hydrogens is 723 g/mol. The second kappa shape index (κ2) is 18.3. The van der Waals surface area contributed by atoms with Gasteiger partial charge in [0.25, 0.3) is 0 Å². The molecule has 0 bridgehead atoms. The van der Waals surface area contributed by atoms with Gasteiger partial charge in [0.15, 0.2) is 5.71 Å². The largest absolute Gasteiger partial charge is 0.480 e. The fraction of sp³-hybridized carbons (Fsp3) is 0.500. The molecule has 1 aliphatic carbocycles. The Bertz CT molecular complexity index is 1700. The molecule has 3 aliphatic rings. The van der Waals surface area contributed by atoms with Crippen molar-refractivity contribution in [3.8, 4) is 0 Å². The zero-order valence-corrected chi connectivity index (χ0v) is 33.0. The molecule has 1 fully saturated rings. The van der Waals surface area contributed by atoms with Crippen LogP contribution >= 0.6 is 35.1 Å². The number of alkyl carbamates (subject to hydrolysis) is 1. The van der Waals surface area contributed by atoms with Crippen LogP contribution in [0.4, 0.5) is 15.5 Å². The van der Waals surface area contributed by atoms with Crippen molar-refractivity contribution in [2.75, 3.05) is 49.3 Å². The summed E-state index contributed by atoms with van der Waals surface area (Å²) in [6, 6.07) is 11.7. The van der Waals surface area contributed by atoms with Crippen molar-refractivity contribution in [1.29, 1.82) is 0 Å². The van der Waals surface area contributed by atoms with Crippen molar-refractivity contribution in [1.82, 2.24) is 5.32 Å². The van der Waals surface area contributed by atoms with Crippen LogP contribution in [0.2, 0.25) is 0 Å². The van der Waals surface area contributed by atoms with Gasteiger partial charge in [-0.15, -0.1) is 27.4 Å². The molecule has 1 aromatic heterocycles. The number of hydrogen-bond donors (Lipinski definition) is 3. The third-order valence-electron chi connectivity index (χ3n) is 9.06. The van der Waals surface area contributed by atoms with Gasteiger partial charge < -0.3 is 24.8 Å². The van der Waals surface area contributed by atoms with Crippen LogP contribution in [-0.2, 0) is 29.1 Å². The number of thiophene rings is 1. The van der Waals surface area contributed by atoms with Crippen LogP contribution in [0.25, 0.3) is 6.08 Å². The number of ether oxygens (including phenoxy) is 2. The van der Waals surface area contributed by atoms with Crippen molar-refractivity contribution < 1.29 is 43.4 Å². The van der Waals surface area contributed by atoms with Gasteiger partial charge in [0.2, 0.25) is 5.69 Å². The molecule has 1 atom stereocenters. The van der Waals surface area contributed by atoms with Gasteiger partial charge >= 0.3 is 12.1 Å². The van der Waals surface area contributed by atoms with Crippen LogP contribution in [0.15, 0.2) is 64.6 Å². The number of rotatable bonds is 16. The minimum atomic E-state index is -1.13. The van der Waals surface area contributed by atoms with Crippen molar-refractivity contribution in [3.63, 3.8) is 0 Å². The van der Waals surface area contributed by atoms with E-state index in [1.165, 1.54) is 33.7 Å². The fourth-order valence-electron chi connectivity index (χ4n) is 6.57. The summed E-state index contributed by atoms with van der Waals surface area (Å²) in [6.45, 7) is 13.7. The smallest absolute Gasteiger partial charge is 0.408 e. The fourth-order valence-corrected chi connectivity index (χ4v) is 9.29. The van der Waals surface area contributed by atoms with E-state index in [1.54, 1.807) is 32.1 Å². The third-order valence-corrected chi connectivity index (χ3v) is 12.1. The number of thioether (sulfide) groups is 1. The summed E-state index contributed by atoms with van der Waals surface area (Å²) in [6.07, 6.45) is 9.33. The normalized spacial score (nSPS) is 18.8. The maximum absolute atomic E-state index is 12.6. The van der Waals surface area contributed by atoms with E-state index in [9.17, 15) is 14.7 Å². The van der Waals surface area contributed by atoms with Crippen LogP contribution in [-0.4, -0.2) is 88.7 Å². The number of carbonyl (C=O) groups is 2. The van der Waals surface area contributed by atoms with E-state index in [2.05, 4.69) is 92.6 Å². The highest BCUT2D eigenvalue weighted by molar-refractivity contribution is 8.03. The number of carboxylic acids is 1. The molecule has 1 unspecified atom stereocenters. The van der Waals surface area contributed by atoms with E-state index in [-0.39, 0.29) is 11.2 Å². The van der Waals surface area contributed by atoms with Gasteiger partial charge in [-0.1, -0.05) is 29.3 Å². The number of benzene rings is 1. The van der Waals surface area contributed by atoms with Crippen LogP contribution < -0.4 is 10.2 Å². The summed E-state index contributed by atoms with van der Waals surface area (Å²) >= 11 is 4.29. The lowest BCUT2D eigenvalue weighted by Crippen LogP contribution is -2.44. The number of carbonyl (C=O) groups excluding carboxylic acids is 1. The summed E-state index contributed by atoms with van der Waals surface area (Å²) < 4.78 is 17.9. The lowest BCUT2D eigenvalue weighted by atomic mass is 9.81. The highest BCUT2D eigenvalue weighted by Gasteiger charge is 2.44. The molecule has 11 nitrogen and oxygen atoms in total. The maximum Gasteiger partial charge on any atom is 0.408 e. The Morgan fingerprint density at radius 2 is 1.88 bits per heavy atom. The average molecular weight is 773 g/mol. The summed E-state index contributed by atoms with van der Waals surface area (Å²) in [5.41, 5.74) is 4.96. The molecule has 282 valence electrons. The molecular formula is C38H50N3O8S3+. The first-order valence-electron chi connectivity index (χ1n) is 17.6. The monoisotopic (exact) mass is 772 g/mol. The number of anilines is 1. The zero-order chi connectivity index (χ0) is 37.3. The first kappa shape index (κ1) is 40.1. The van der Waals surface area contributed by atoms with Gasteiger partial charge in [-0.25, -0.2) is 14.8 Å². The highest BCUT2D eigenvalue weighted by Crippen LogP contribution is 2.44. The number of aliphatic carboxylic acids is 1. The average Bonchev–Trinajstić information content (AvgIpc) is 3.78. The Morgan fingerprint density at radius 1 is 1.12 bits per heavy atom. The van der Waals surface area contributed by atoms with Crippen molar-refractivity contribution in [2.45, 2.75) is 77.4 Å². The van der Waals surface area contributed by atoms with Gasteiger partial charge in [-0.3, -0.25) is 0 Å². The first-order chi connectivity index (χ1) is 24.9. The van der Waals surface area contributed by atoms with E-state index in [0.29, 0.717) is 5.75 Å². The molecule has 5 rings (SSSR count). The number of allylic oxidation sites excluding steroid dienone is 4. The van der Waals surface area contributed by atoms with Crippen molar-refractivity contribution >= 4 is 69.7 Å². The van der Waals surface area contributed by atoms with Crippen LogP contribution in [0.5, 0.6) is 0 Å². The molecule has 0 radical (unpaired) electrons. The Balaban J connectivity index is 1.45. The van der Waals surface area contributed by atoms with E-state index in [0.717, 1.165) is 91.5 Å². The number of nitrogens with zero attached hydrogens (tertiary/aromatic N) is 2. The number of fused-ring (bicyclic) bond motifs is 1. The third kappa shape index (κ3) is 10.5. The quantitative estimate of drug-likeness (QED) is 0.0502. The number of para-hydroxylation sites is 1. The molecule has 0 saturated carbocycles. The molecule has 52 heavy (non-hydrogen) atoms. The molecule has 0 spiro atoms. The molecule has 1 aromatic carbocycles. The molecule has 1 saturated heterocycles. The summed E-state index contributed by atoms with van der Waals surface area (Å²) in [7, 11) is 0. The molecule has 1 amide bonds. The van der Waals surface area contributed by atoms with E-state index in [4.69, 9.17) is 14.7 Å². The molecule has 14 heteroatoms. The molecule has 3 heterocycles. The molecule has 2 aromatic rings. The number of nitrogens with one attached hydrogen (secondary N) is 1. The zero-order valence-electron chi connectivity index (χ0n) is 30.5. The lowest BCUT2D eigenvalue weighted by Gasteiger charge is -2.27. The van der Waals surface area contributed by atoms with E-state index in [1.807, 2.05) is 0 Å².